The molecule has 0 spiro atoms. The maximum Gasteiger partial charge on any atom is 0.410 e. The van der Waals surface area contributed by atoms with E-state index in [1.165, 1.54) is 25.8 Å². The van der Waals surface area contributed by atoms with Crippen molar-refractivity contribution in [2.24, 2.45) is 0 Å². The van der Waals surface area contributed by atoms with Gasteiger partial charge in [0.15, 0.2) is 0 Å². The Morgan fingerprint density at radius 1 is 1.18 bits per heavy atom. The summed E-state index contributed by atoms with van der Waals surface area (Å²) < 4.78 is 5.57. The van der Waals surface area contributed by atoms with E-state index in [1.54, 1.807) is 0 Å². The lowest BCUT2D eigenvalue weighted by Crippen LogP contribution is -2.53. The minimum absolute atomic E-state index is 0.153. The molecule has 2 unspecified atom stereocenters. The number of carbonyl (C=O) groups excluding carboxylic acids is 1. The van der Waals surface area contributed by atoms with Gasteiger partial charge >= 0.3 is 6.09 Å². The highest BCUT2D eigenvalue weighted by Crippen LogP contribution is 2.20. The molecule has 2 saturated heterocycles. The zero-order valence-corrected chi connectivity index (χ0v) is 14.7. The van der Waals surface area contributed by atoms with Crippen molar-refractivity contribution in [3.05, 3.63) is 0 Å². The van der Waals surface area contributed by atoms with Crippen LogP contribution in [0, 0.1) is 0 Å². The van der Waals surface area contributed by atoms with Crippen LogP contribution in [0.25, 0.3) is 0 Å². The van der Waals surface area contributed by atoms with E-state index < -0.39 is 5.60 Å². The molecule has 0 aliphatic carbocycles. The topological polar surface area (TPSA) is 44.8 Å². The molecule has 1 N–H and O–H groups in total. The molecule has 5 heteroatoms. The molecule has 2 aliphatic heterocycles. The number of piperidine rings is 2. The summed E-state index contributed by atoms with van der Waals surface area (Å²) in [4.78, 5) is 16.7. The molecule has 2 atom stereocenters. The molecule has 5 nitrogen and oxygen atoms in total. The number of rotatable bonds is 3. The maximum atomic E-state index is 12.4. The van der Waals surface area contributed by atoms with Crippen LogP contribution in [0.1, 0.15) is 52.9 Å². The van der Waals surface area contributed by atoms with Crippen molar-refractivity contribution in [1.29, 1.82) is 0 Å². The molecule has 0 saturated carbocycles. The van der Waals surface area contributed by atoms with Crippen molar-refractivity contribution in [1.82, 2.24) is 15.1 Å². The average Bonchev–Trinajstić information content (AvgIpc) is 2.44. The summed E-state index contributed by atoms with van der Waals surface area (Å²) in [6.07, 6.45) is 5.71. The molecule has 0 aromatic rings. The average molecular weight is 311 g/mol. The highest BCUT2D eigenvalue weighted by atomic mass is 16.6. The minimum Gasteiger partial charge on any atom is -0.444 e. The van der Waals surface area contributed by atoms with Crippen molar-refractivity contribution >= 4 is 6.09 Å². The normalized spacial score (nSPS) is 27.7. The SMILES string of the molecule is CN1CCCC(NCC2CCCCN2C(=O)OC(C)(C)C)C1. The zero-order chi connectivity index (χ0) is 16.2. The van der Waals surface area contributed by atoms with Gasteiger partial charge in [-0.2, -0.15) is 0 Å². The number of carbonyl (C=O) groups is 1. The number of hydrogen-bond donors (Lipinski definition) is 1. The van der Waals surface area contributed by atoms with E-state index in [4.69, 9.17) is 4.74 Å². The standard InChI is InChI=1S/C17H33N3O2/c1-17(2,3)22-16(21)20-11-6-5-9-15(20)12-18-14-8-7-10-19(4)13-14/h14-15,18H,5-13H2,1-4H3. The van der Waals surface area contributed by atoms with Gasteiger partial charge < -0.3 is 19.9 Å². The van der Waals surface area contributed by atoms with Crippen molar-refractivity contribution in [2.75, 3.05) is 33.2 Å². The first kappa shape index (κ1) is 17.5. The third kappa shape index (κ3) is 5.43. The molecule has 1 amide bonds. The molecular formula is C17H33N3O2. The Hall–Kier alpha value is -0.810. The van der Waals surface area contributed by atoms with E-state index in [1.807, 2.05) is 25.7 Å². The van der Waals surface area contributed by atoms with Crippen LogP contribution in [0.5, 0.6) is 0 Å². The van der Waals surface area contributed by atoms with Crippen LogP contribution in [0.3, 0.4) is 0 Å². The summed E-state index contributed by atoms with van der Waals surface area (Å²) in [5.74, 6) is 0. The lowest BCUT2D eigenvalue weighted by atomic mass is 10.0. The first-order valence-electron chi connectivity index (χ1n) is 8.77. The number of likely N-dealkylation sites (N-methyl/N-ethyl adjacent to an activating group) is 1. The van der Waals surface area contributed by atoms with Gasteiger partial charge in [-0.25, -0.2) is 4.79 Å². The monoisotopic (exact) mass is 311 g/mol. The Kier molecular flexibility index (Phi) is 6.09. The van der Waals surface area contributed by atoms with Gasteiger partial charge in [0.25, 0.3) is 0 Å². The Morgan fingerprint density at radius 2 is 1.95 bits per heavy atom. The third-order valence-corrected chi connectivity index (χ3v) is 4.52. The number of ether oxygens (including phenoxy) is 1. The quantitative estimate of drug-likeness (QED) is 0.869. The molecule has 2 aliphatic rings. The van der Waals surface area contributed by atoms with Crippen molar-refractivity contribution < 1.29 is 9.53 Å². The number of nitrogens with one attached hydrogen (secondary N) is 1. The summed E-state index contributed by atoms with van der Waals surface area (Å²) in [5.41, 5.74) is -0.418. The Bertz CT molecular complexity index is 367. The molecule has 0 radical (unpaired) electrons. The summed E-state index contributed by atoms with van der Waals surface area (Å²) in [6.45, 7) is 9.81. The predicted molar refractivity (Wildman–Crippen MR) is 89.1 cm³/mol. The predicted octanol–water partition coefficient (Wildman–Crippen LogP) is 2.46. The molecular weight excluding hydrogens is 278 g/mol. The number of likely N-dealkylation sites (tertiary alicyclic amines) is 2. The molecule has 2 rings (SSSR count). The lowest BCUT2D eigenvalue weighted by Gasteiger charge is -2.38. The summed E-state index contributed by atoms with van der Waals surface area (Å²) in [6, 6.07) is 0.831. The van der Waals surface area contributed by atoms with Crippen LogP contribution < -0.4 is 5.32 Å². The van der Waals surface area contributed by atoms with E-state index in [-0.39, 0.29) is 12.1 Å². The fourth-order valence-corrected chi connectivity index (χ4v) is 3.41. The van der Waals surface area contributed by atoms with Gasteiger partial charge in [0, 0.05) is 31.7 Å². The van der Waals surface area contributed by atoms with Gasteiger partial charge in [0.05, 0.1) is 0 Å². The molecule has 0 aromatic heterocycles. The maximum absolute atomic E-state index is 12.4. The van der Waals surface area contributed by atoms with Crippen molar-refractivity contribution in [2.45, 2.75) is 70.6 Å². The highest BCUT2D eigenvalue weighted by molar-refractivity contribution is 5.68. The Balaban J connectivity index is 1.85. The molecule has 2 fully saturated rings. The summed E-state index contributed by atoms with van der Waals surface area (Å²) in [7, 11) is 2.18. The van der Waals surface area contributed by atoms with Gasteiger partial charge in [-0.3, -0.25) is 0 Å². The van der Waals surface area contributed by atoms with E-state index >= 15 is 0 Å². The van der Waals surface area contributed by atoms with Crippen LogP contribution >= 0.6 is 0 Å². The largest absolute Gasteiger partial charge is 0.444 e. The van der Waals surface area contributed by atoms with Crippen LogP contribution in [0.4, 0.5) is 4.79 Å². The van der Waals surface area contributed by atoms with Crippen LogP contribution in [0.15, 0.2) is 0 Å². The van der Waals surface area contributed by atoms with E-state index in [2.05, 4.69) is 17.3 Å². The fraction of sp³-hybridized carbons (Fsp3) is 0.941. The van der Waals surface area contributed by atoms with Gasteiger partial charge in [-0.15, -0.1) is 0 Å². The van der Waals surface area contributed by atoms with E-state index in [0.29, 0.717) is 6.04 Å². The van der Waals surface area contributed by atoms with Crippen LogP contribution in [-0.2, 0) is 4.74 Å². The molecule has 2 heterocycles. The zero-order valence-electron chi connectivity index (χ0n) is 14.7. The van der Waals surface area contributed by atoms with Crippen molar-refractivity contribution in [3.8, 4) is 0 Å². The molecule has 0 aromatic carbocycles. The van der Waals surface area contributed by atoms with E-state index in [0.717, 1.165) is 32.5 Å². The van der Waals surface area contributed by atoms with Gasteiger partial charge in [0.1, 0.15) is 5.60 Å². The second kappa shape index (κ2) is 7.64. The van der Waals surface area contributed by atoms with Crippen LogP contribution in [0.2, 0.25) is 0 Å². The summed E-state index contributed by atoms with van der Waals surface area (Å²) >= 11 is 0. The number of amides is 1. The fourth-order valence-electron chi connectivity index (χ4n) is 3.41. The Morgan fingerprint density at radius 3 is 2.64 bits per heavy atom. The third-order valence-electron chi connectivity index (χ3n) is 4.52. The minimum atomic E-state index is -0.418. The summed E-state index contributed by atoms with van der Waals surface area (Å²) in [5, 5.41) is 3.68. The second-order valence-corrected chi connectivity index (χ2v) is 7.83. The molecule has 128 valence electrons. The van der Waals surface area contributed by atoms with Gasteiger partial charge in [-0.05, 0) is 66.5 Å². The molecule has 0 bridgehead atoms. The number of nitrogens with zero attached hydrogens (tertiary/aromatic N) is 2. The second-order valence-electron chi connectivity index (χ2n) is 7.83. The Labute approximate surface area is 135 Å². The smallest absolute Gasteiger partial charge is 0.410 e. The number of hydrogen-bond acceptors (Lipinski definition) is 4. The highest BCUT2D eigenvalue weighted by Gasteiger charge is 2.31. The van der Waals surface area contributed by atoms with Crippen molar-refractivity contribution in [3.63, 3.8) is 0 Å². The van der Waals surface area contributed by atoms with Crippen LogP contribution in [-0.4, -0.2) is 66.8 Å². The lowest BCUT2D eigenvalue weighted by molar-refractivity contribution is 0.00937. The van der Waals surface area contributed by atoms with Gasteiger partial charge in [-0.1, -0.05) is 0 Å². The van der Waals surface area contributed by atoms with E-state index in [9.17, 15) is 4.79 Å². The van der Waals surface area contributed by atoms with Gasteiger partial charge in [0.2, 0.25) is 0 Å². The molecule has 22 heavy (non-hydrogen) atoms. The first-order chi connectivity index (χ1) is 10.3. The first-order valence-corrected chi connectivity index (χ1v) is 8.77.